The van der Waals surface area contributed by atoms with Crippen LogP contribution in [0.15, 0.2) is 12.1 Å². The summed E-state index contributed by atoms with van der Waals surface area (Å²) in [6.45, 7) is 2.72. The van der Waals surface area contributed by atoms with E-state index in [1.165, 1.54) is 19.1 Å². The molecule has 0 bridgehead atoms. The van der Waals surface area contributed by atoms with Gasteiger partial charge in [0.1, 0.15) is 0 Å². The minimum absolute atomic E-state index is 0.0972. The van der Waals surface area contributed by atoms with Gasteiger partial charge in [0.05, 0.1) is 4.92 Å². The van der Waals surface area contributed by atoms with Crippen molar-refractivity contribution in [3.8, 4) is 5.75 Å². The Bertz CT molecular complexity index is 430. The zero-order valence-electron chi connectivity index (χ0n) is 8.11. The van der Waals surface area contributed by atoms with Crippen LogP contribution in [0.1, 0.15) is 12.5 Å². The first-order valence-corrected chi connectivity index (χ1v) is 4.43. The Morgan fingerprint density at radius 2 is 2.13 bits per heavy atom. The Balaban J connectivity index is 3.34. The fourth-order valence-electron chi connectivity index (χ4n) is 1.07. The van der Waals surface area contributed by atoms with E-state index in [-0.39, 0.29) is 11.4 Å². The molecule has 0 aliphatic carbocycles. The number of carbonyl (C=O) groups is 1. The molecule has 5 nitrogen and oxygen atoms in total. The van der Waals surface area contributed by atoms with Crippen LogP contribution in [-0.2, 0) is 4.79 Å². The number of halogens is 1. The van der Waals surface area contributed by atoms with E-state index in [0.29, 0.717) is 10.6 Å². The number of nitro groups is 1. The van der Waals surface area contributed by atoms with Crippen molar-refractivity contribution < 1.29 is 14.5 Å². The third-order valence-electron chi connectivity index (χ3n) is 1.76. The molecule has 0 N–H and O–H groups in total. The minimum atomic E-state index is -0.623. The van der Waals surface area contributed by atoms with Crippen molar-refractivity contribution in [3.63, 3.8) is 0 Å². The normalized spacial score (nSPS) is 9.80. The maximum Gasteiger partial charge on any atom is 0.312 e. The standard InChI is InChI=1S/C9H8ClNO4/c1-5-7(10)3-4-8(11(13)14)9(5)15-6(2)12/h3-4H,1-2H3. The zero-order valence-corrected chi connectivity index (χ0v) is 8.87. The summed E-state index contributed by atoms with van der Waals surface area (Å²) in [5.41, 5.74) is 0.105. The highest BCUT2D eigenvalue weighted by Gasteiger charge is 2.20. The first kappa shape index (κ1) is 11.5. The number of benzene rings is 1. The average Bonchev–Trinajstić information content (AvgIpc) is 2.12. The molecule has 1 aromatic rings. The van der Waals surface area contributed by atoms with E-state index in [4.69, 9.17) is 16.3 Å². The number of ether oxygens (including phenoxy) is 1. The summed E-state index contributed by atoms with van der Waals surface area (Å²) >= 11 is 5.76. The van der Waals surface area contributed by atoms with Gasteiger partial charge in [0.2, 0.25) is 5.75 Å². The van der Waals surface area contributed by atoms with Gasteiger partial charge in [-0.2, -0.15) is 0 Å². The summed E-state index contributed by atoms with van der Waals surface area (Å²) in [6.07, 6.45) is 0. The van der Waals surface area contributed by atoms with E-state index < -0.39 is 10.9 Å². The molecular weight excluding hydrogens is 222 g/mol. The molecule has 15 heavy (non-hydrogen) atoms. The lowest BCUT2D eigenvalue weighted by Gasteiger charge is -2.06. The summed E-state index contributed by atoms with van der Waals surface area (Å²) < 4.78 is 4.75. The van der Waals surface area contributed by atoms with Crippen molar-refractivity contribution in [3.05, 3.63) is 32.8 Å². The molecule has 0 amide bonds. The molecule has 0 unspecified atom stereocenters. The summed E-state index contributed by atoms with van der Waals surface area (Å²) in [4.78, 5) is 20.8. The fraction of sp³-hybridized carbons (Fsp3) is 0.222. The molecule has 0 spiro atoms. The van der Waals surface area contributed by atoms with Crippen molar-refractivity contribution in [1.82, 2.24) is 0 Å². The second-order valence-electron chi connectivity index (χ2n) is 2.87. The largest absolute Gasteiger partial charge is 0.419 e. The van der Waals surface area contributed by atoms with Crippen LogP contribution in [0.5, 0.6) is 5.75 Å². The Morgan fingerprint density at radius 1 is 1.53 bits per heavy atom. The summed E-state index contributed by atoms with van der Waals surface area (Å²) in [7, 11) is 0. The molecule has 0 fully saturated rings. The molecule has 1 aromatic carbocycles. The third-order valence-corrected chi connectivity index (χ3v) is 2.17. The number of hydrogen-bond acceptors (Lipinski definition) is 4. The highest BCUT2D eigenvalue weighted by Crippen LogP contribution is 2.35. The Morgan fingerprint density at radius 3 is 2.60 bits per heavy atom. The monoisotopic (exact) mass is 229 g/mol. The van der Waals surface area contributed by atoms with E-state index in [0.717, 1.165) is 0 Å². The van der Waals surface area contributed by atoms with Crippen LogP contribution in [0, 0.1) is 17.0 Å². The van der Waals surface area contributed by atoms with Gasteiger partial charge in [0.25, 0.3) is 0 Å². The van der Waals surface area contributed by atoms with E-state index in [1.54, 1.807) is 6.92 Å². The van der Waals surface area contributed by atoms with E-state index >= 15 is 0 Å². The molecule has 0 aliphatic heterocycles. The molecule has 0 aromatic heterocycles. The van der Waals surface area contributed by atoms with E-state index in [9.17, 15) is 14.9 Å². The lowest BCUT2D eigenvalue weighted by atomic mass is 10.2. The van der Waals surface area contributed by atoms with Gasteiger partial charge in [0, 0.05) is 23.6 Å². The van der Waals surface area contributed by atoms with Gasteiger partial charge in [-0.05, 0) is 13.0 Å². The fourth-order valence-corrected chi connectivity index (χ4v) is 1.22. The minimum Gasteiger partial charge on any atom is -0.419 e. The van der Waals surface area contributed by atoms with Crippen LogP contribution in [0.4, 0.5) is 5.69 Å². The van der Waals surface area contributed by atoms with Crippen molar-refractivity contribution in [1.29, 1.82) is 0 Å². The summed E-state index contributed by atoms with van der Waals surface area (Å²) in [6, 6.07) is 2.59. The first-order chi connectivity index (χ1) is 6.93. The molecule has 0 saturated heterocycles. The number of esters is 1. The molecule has 0 aliphatic rings. The number of nitrogens with zero attached hydrogens (tertiary/aromatic N) is 1. The van der Waals surface area contributed by atoms with E-state index in [1.807, 2.05) is 0 Å². The lowest BCUT2D eigenvalue weighted by Crippen LogP contribution is -2.05. The van der Waals surface area contributed by atoms with Crippen LogP contribution in [-0.4, -0.2) is 10.9 Å². The van der Waals surface area contributed by atoms with Crippen LogP contribution < -0.4 is 4.74 Å². The van der Waals surface area contributed by atoms with Gasteiger partial charge >= 0.3 is 11.7 Å². The van der Waals surface area contributed by atoms with Crippen LogP contribution in [0.3, 0.4) is 0 Å². The molecule has 0 heterocycles. The predicted molar refractivity (Wildman–Crippen MR) is 54.2 cm³/mol. The van der Waals surface area contributed by atoms with Crippen LogP contribution in [0.2, 0.25) is 5.02 Å². The van der Waals surface area contributed by atoms with Crippen LogP contribution >= 0.6 is 11.6 Å². The van der Waals surface area contributed by atoms with Gasteiger partial charge in [-0.25, -0.2) is 0 Å². The van der Waals surface area contributed by atoms with Gasteiger partial charge in [-0.1, -0.05) is 11.6 Å². The van der Waals surface area contributed by atoms with Crippen molar-refractivity contribution in [2.24, 2.45) is 0 Å². The van der Waals surface area contributed by atoms with Crippen molar-refractivity contribution in [2.45, 2.75) is 13.8 Å². The number of hydrogen-bond donors (Lipinski definition) is 0. The summed E-state index contributed by atoms with van der Waals surface area (Å²) in [5, 5.41) is 11.0. The van der Waals surface area contributed by atoms with Gasteiger partial charge in [-0.3, -0.25) is 14.9 Å². The smallest absolute Gasteiger partial charge is 0.312 e. The molecule has 0 saturated carbocycles. The molecule has 80 valence electrons. The van der Waals surface area contributed by atoms with Gasteiger partial charge < -0.3 is 4.74 Å². The molecule has 0 radical (unpaired) electrons. The van der Waals surface area contributed by atoms with Gasteiger partial charge in [-0.15, -0.1) is 0 Å². The SMILES string of the molecule is CC(=O)Oc1c([N+](=O)[O-])ccc(Cl)c1C. The number of rotatable bonds is 2. The Kier molecular flexibility index (Phi) is 3.26. The Hall–Kier alpha value is -1.62. The maximum absolute atomic E-state index is 10.8. The van der Waals surface area contributed by atoms with Crippen LogP contribution in [0.25, 0.3) is 0 Å². The van der Waals surface area contributed by atoms with E-state index in [2.05, 4.69) is 0 Å². The molecule has 1 rings (SSSR count). The van der Waals surface area contributed by atoms with Crippen molar-refractivity contribution in [2.75, 3.05) is 0 Å². The van der Waals surface area contributed by atoms with Crippen molar-refractivity contribution >= 4 is 23.3 Å². The van der Waals surface area contributed by atoms with Gasteiger partial charge in [0.15, 0.2) is 0 Å². The second-order valence-corrected chi connectivity index (χ2v) is 3.28. The topological polar surface area (TPSA) is 69.4 Å². The average molecular weight is 230 g/mol. The molecule has 6 heteroatoms. The highest BCUT2D eigenvalue weighted by atomic mass is 35.5. The zero-order chi connectivity index (χ0) is 11.6. The molecular formula is C9H8ClNO4. The number of nitro benzene ring substituents is 1. The predicted octanol–water partition coefficient (Wildman–Crippen LogP) is 2.48. The lowest BCUT2D eigenvalue weighted by molar-refractivity contribution is -0.385. The third kappa shape index (κ3) is 2.44. The highest BCUT2D eigenvalue weighted by molar-refractivity contribution is 6.31. The molecule has 0 atom stereocenters. The second kappa shape index (κ2) is 4.27. The quantitative estimate of drug-likeness (QED) is 0.338. The maximum atomic E-state index is 10.8. The summed E-state index contributed by atoms with van der Waals surface area (Å²) in [5.74, 6) is -0.719. The number of carbonyl (C=O) groups excluding carboxylic acids is 1. The Labute approximate surface area is 90.8 Å². The first-order valence-electron chi connectivity index (χ1n) is 4.05.